The van der Waals surface area contributed by atoms with Crippen LogP contribution in [-0.2, 0) is 4.79 Å². The van der Waals surface area contributed by atoms with E-state index in [1.54, 1.807) is 18.5 Å². The number of hydrogen-bond acceptors (Lipinski definition) is 4. The van der Waals surface area contributed by atoms with Crippen molar-refractivity contribution in [2.24, 2.45) is 11.6 Å². The largest absolute Gasteiger partial charge is 0.365 e. The molecule has 0 radical (unpaired) electrons. The van der Waals surface area contributed by atoms with Gasteiger partial charge in [0.25, 0.3) is 5.91 Å². The Morgan fingerprint density at radius 3 is 2.73 bits per heavy atom. The maximum atomic E-state index is 11.7. The van der Waals surface area contributed by atoms with Gasteiger partial charge < -0.3 is 10.7 Å². The number of hydrogen-bond donors (Lipinski definition) is 3. The van der Waals surface area contributed by atoms with Crippen LogP contribution in [-0.4, -0.2) is 22.3 Å². The predicted octanol–water partition coefficient (Wildman–Crippen LogP) is 1.17. The summed E-state index contributed by atoms with van der Waals surface area (Å²) in [5.74, 6) is 5.07. The lowest BCUT2D eigenvalue weighted by atomic mass is 10.0. The van der Waals surface area contributed by atoms with Crippen LogP contribution in [0, 0.1) is 0 Å². The molecule has 0 saturated heterocycles. The first-order valence-corrected chi connectivity index (χ1v) is 6.47. The third kappa shape index (κ3) is 2.19. The molecule has 0 aliphatic heterocycles. The Bertz CT molecular complexity index is 857. The number of nitrogens with two attached hydrogens (primary N) is 2. The van der Waals surface area contributed by atoms with Crippen LogP contribution in [0.4, 0.5) is 5.82 Å². The Morgan fingerprint density at radius 2 is 2.09 bits per heavy atom. The van der Waals surface area contributed by atoms with E-state index in [2.05, 4.69) is 9.97 Å². The maximum Gasteiger partial charge on any atom is 0.253 e. The number of hydrazine groups is 1. The van der Waals surface area contributed by atoms with Gasteiger partial charge in [-0.05, 0) is 17.7 Å². The summed E-state index contributed by atoms with van der Waals surface area (Å²) in [6.45, 7) is 0. The summed E-state index contributed by atoms with van der Waals surface area (Å²) in [6.07, 6.45) is 3.83. The van der Waals surface area contributed by atoms with Crippen LogP contribution in [0.3, 0.4) is 0 Å². The highest BCUT2D eigenvalue weighted by atomic mass is 16.1. The molecule has 2 amide bonds. The van der Waals surface area contributed by atoms with Gasteiger partial charge in [-0.15, -0.1) is 0 Å². The van der Waals surface area contributed by atoms with E-state index in [-0.39, 0.29) is 11.4 Å². The number of benzene rings is 1. The van der Waals surface area contributed by atoms with Gasteiger partial charge in [0.1, 0.15) is 5.82 Å². The number of nitrogens with one attached hydrogen (secondary N) is 1. The number of primary amides is 1. The van der Waals surface area contributed by atoms with Gasteiger partial charge in [0, 0.05) is 28.9 Å². The van der Waals surface area contributed by atoms with E-state index in [9.17, 15) is 9.59 Å². The summed E-state index contributed by atoms with van der Waals surface area (Å²) in [6, 6.07) is 9.22. The maximum absolute atomic E-state index is 11.7. The second-order valence-electron chi connectivity index (χ2n) is 4.73. The first-order chi connectivity index (χ1) is 10.6. The summed E-state index contributed by atoms with van der Waals surface area (Å²) >= 11 is 0. The van der Waals surface area contributed by atoms with Crippen molar-refractivity contribution in [2.75, 3.05) is 5.01 Å². The Hall–Kier alpha value is -3.19. The molecule has 1 aromatic carbocycles. The van der Waals surface area contributed by atoms with Crippen LogP contribution in [0.5, 0.6) is 0 Å². The molecule has 22 heavy (non-hydrogen) atoms. The monoisotopic (exact) mass is 295 g/mol. The Morgan fingerprint density at radius 1 is 1.27 bits per heavy atom. The lowest BCUT2D eigenvalue weighted by Crippen LogP contribution is -2.31. The SMILES string of the molecule is NC(=O)c1c(N(N)C=O)[nH]c2cc(-c3cccnc3)ccc12. The van der Waals surface area contributed by atoms with E-state index < -0.39 is 5.91 Å². The minimum absolute atomic E-state index is 0.167. The summed E-state index contributed by atoms with van der Waals surface area (Å²) in [5, 5.41) is 1.40. The number of carbonyl (C=O) groups is 2. The number of pyridine rings is 1. The van der Waals surface area contributed by atoms with E-state index in [4.69, 9.17) is 11.6 Å². The van der Waals surface area contributed by atoms with Crippen molar-refractivity contribution >= 4 is 29.0 Å². The molecular formula is C15H13N5O2. The van der Waals surface area contributed by atoms with Crippen molar-refractivity contribution in [1.29, 1.82) is 0 Å². The van der Waals surface area contributed by atoms with E-state index in [0.717, 1.165) is 16.1 Å². The molecule has 0 aliphatic rings. The van der Waals surface area contributed by atoms with Gasteiger partial charge in [0.15, 0.2) is 0 Å². The summed E-state index contributed by atoms with van der Waals surface area (Å²) < 4.78 is 0. The molecule has 2 aromatic heterocycles. The number of aromatic amines is 1. The van der Waals surface area contributed by atoms with Crippen LogP contribution in [0.25, 0.3) is 22.0 Å². The van der Waals surface area contributed by atoms with Crippen molar-refractivity contribution < 1.29 is 9.59 Å². The lowest BCUT2D eigenvalue weighted by Gasteiger charge is -2.08. The zero-order valence-corrected chi connectivity index (χ0v) is 11.5. The average Bonchev–Trinajstić information content (AvgIpc) is 2.93. The van der Waals surface area contributed by atoms with Crippen molar-refractivity contribution in [1.82, 2.24) is 9.97 Å². The Balaban J connectivity index is 2.22. The fraction of sp³-hybridized carbons (Fsp3) is 0. The highest BCUT2D eigenvalue weighted by Crippen LogP contribution is 2.30. The van der Waals surface area contributed by atoms with Crippen molar-refractivity contribution in [3.8, 4) is 11.1 Å². The topological polar surface area (TPSA) is 118 Å². The zero-order chi connectivity index (χ0) is 15.7. The Kier molecular flexibility index (Phi) is 3.32. The molecule has 110 valence electrons. The smallest absolute Gasteiger partial charge is 0.253 e. The molecule has 0 saturated carbocycles. The molecule has 5 N–H and O–H groups in total. The molecule has 0 aliphatic carbocycles. The van der Waals surface area contributed by atoms with Crippen LogP contribution in [0.2, 0.25) is 0 Å². The number of fused-ring (bicyclic) bond motifs is 1. The fourth-order valence-electron chi connectivity index (χ4n) is 2.39. The quantitative estimate of drug-likeness (QED) is 0.290. The van der Waals surface area contributed by atoms with Crippen molar-refractivity contribution in [2.45, 2.75) is 0 Å². The molecule has 2 heterocycles. The molecule has 0 unspecified atom stereocenters. The van der Waals surface area contributed by atoms with Gasteiger partial charge in [-0.2, -0.15) is 0 Å². The van der Waals surface area contributed by atoms with Crippen LogP contribution >= 0.6 is 0 Å². The summed E-state index contributed by atoms with van der Waals surface area (Å²) in [4.78, 5) is 29.6. The number of rotatable bonds is 4. The molecule has 3 aromatic rings. The number of H-pyrrole nitrogens is 1. The molecule has 0 fully saturated rings. The molecule has 3 rings (SSSR count). The van der Waals surface area contributed by atoms with Gasteiger partial charge >= 0.3 is 0 Å². The minimum Gasteiger partial charge on any atom is -0.365 e. The van der Waals surface area contributed by atoms with E-state index >= 15 is 0 Å². The molecule has 7 heteroatoms. The standard InChI is InChI=1S/C15H13N5O2/c16-14(22)13-11-4-3-9(10-2-1-5-18-7-10)6-12(11)19-15(13)20(17)8-21/h1-8,19H,17H2,(H2,16,22). The average molecular weight is 295 g/mol. The van der Waals surface area contributed by atoms with Gasteiger partial charge in [-0.1, -0.05) is 18.2 Å². The van der Waals surface area contributed by atoms with Crippen molar-refractivity contribution in [3.63, 3.8) is 0 Å². The Labute approximate surface area is 125 Å². The normalized spacial score (nSPS) is 10.6. The summed E-state index contributed by atoms with van der Waals surface area (Å²) in [7, 11) is 0. The first kappa shape index (κ1) is 13.8. The third-order valence-electron chi connectivity index (χ3n) is 3.39. The molecule has 7 nitrogen and oxygen atoms in total. The van der Waals surface area contributed by atoms with E-state index in [1.807, 2.05) is 24.3 Å². The van der Waals surface area contributed by atoms with E-state index in [0.29, 0.717) is 17.3 Å². The lowest BCUT2D eigenvalue weighted by molar-refractivity contribution is -0.107. The van der Waals surface area contributed by atoms with Gasteiger partial charge in [0.05, 0.1) is 5.56 Å². The van der Waals surface area contributed by atoms with Gasteiger partial charge in [-0.3, -0.25) is 14.6 Å². The number of carbonyl (C=O) groups excluding carboxylic acids is 2. The fourth-order valence-corrected chi connectivity index (χ4v) is 2.39. The minimum atomic E-state index is -0.660. The molecular weight excluding hydrogens is 282 g/mol. The first-order valence-electron chi connectivity index (χ1n) is 6.47. The predicted molar refractivity (Wildman–Crippen MR) is 82.8 cm³/mol. The number of anilines is 1. The third-order valence-corrected chi connectivity index (χ3v) is 3.39. The highest BCUT2D eigenvalue weighted by Gasteiger charge is 2.19. The van der Waals surface area contributed by atoms with E-state index in [1.165, 1.54) is 0 Å². The molecule has 0 bridgehead atoms. The van der Waals surface area contributed by atoms with Gasteiger partial charge in [-0.25, -0.2) is 10.9 Å². The number of nitrogens with zero attached hydrogens (tertiary/aromatic N) is 2. The second-order valence-corrected chi connectivity index (χ2v) is 4.73. The van der Waals surface area contributed by atoms with Crippen molar-refractivity contribution in [3.05, 3.63) is 48.3 Å². The van der Waals surface area contributed by atoms with Crippen LogP contribution < -0.4 is 16.6 Å². The second kappa shape index (κ2) is 5.30. The van der Waals surface area contributed by atoms with Crippen LogP contribution in [0.15, 0.2) is 42.7 Å². The molecule has 0 atom stereocenters. The van der Waals surface area contributed by atoms with Gasteiger partial charge in [0.2, 0.25) is 6.41 Å². The van der Waals surface area contributed by atoms with Crippen LogP contribution in [0.1, 0.15) is 10.4 Å². The number of aromatic nitrogens is 2. The zero-order valence-electron chi connectivity index (χ0n) is 11.5. The highest BCUT2D eigenvalue weighted by molar-refractivity contribution is 6.12. The number of amides is 2. The summed E-state index contributed by atoms with van der Waals surface area (Å²) in [5.41, 5.74) is 8.08. The molecule has 0 spiro atoms.